The van der Waals surface area contributed by atoms with Crippen LogP contribution in [0.5, 0.6) is 0 Å². The molecule has 0 spiro atoms. The molecule has 5 heterocycles. The number of benzene rings is 1. The Morgan fingerprint density at radius 1 is 0.921 bits per heavy atom. The van der Waals surface area contributed by atoms with Gasteiger partial charge in [-0.05, 0) is 24.3 Å². The Balaban J connectivity index is 1.32. The lowest BCUT2D eigenvalue weighted by Gasteiger charge is -2.34. The van der Waals surface area contributed by atoms with Crippen molar-refractivity contribution in [3.63, 3.8) is 0 Å². The van der Waals surface area contributed by atoms with Gasteiger partial charge in [-0.3, -0.25) is 4.79 Å². The largest absolute Gasteiger partial charge is 0.369 e. The number of anilines is 2. The molecule has 1 N–H and O–H groups in total. The van der Waals surface area contributed by atoms with Crippen molar-refractivity contribution in [3.8, 4) is 28.6 Å². The van der Waals surface area contributed by atoms with E-state index in [0.717, 1.165) is 61.9 Å². The van der Waals surface area contributed by atoms with Crippen LogP contribution < -0.4 is 15.1 Å². The smallest absolute Gasteiger partial charge is 0.219 e. The molecule has 0 unspecified atom stereocenters. The maximum Gasteiger partial charge on any atom is 0.219 e. The molecule has 6 rings (SSSR count). The Labute approximate surface area is 221 Å². The van der Waals surface area contributed by atoms with Crippen LogP contribution in [-0.4, -0.2) is 82.7 Å². The van der Waals surface area contributed by atoms with Gasteiger partial charge in [0.1, 0.15) is 23.0 Å². The molecule has 0 atom stereocenters. The molecule has 0 bridgehead atoms. The fourth-order valence-electron chi connectivity index (χ4n) is 5.17. The Morgan fingerprint density at radius 2 is 1.66 bits per heavy atom. The number of hydrogen-bond acceptors (Lipinski definition) is 8. The molecule has 10 nitrogen and oxygen atoms in total. The fraction of sp³-hybridized carbons (Fsp3) is 0.321. The number of nitrogens with one attached hydrogen (secondary N) is 1. The van der Waals surface area contributed by atoms with Crippen molar-refractivity contribution in [3.05, 3.63) is 60.6 Å². The van der Waals surface area contributed by atoms with Gasteiger partial charge < -0.3 is 20.0 Å². The van der Waals surface area contributed by atoms with E-state index in [4.69, 9.17) is 9.97 Å². The van der Waals surface area contributed by atoms with Crippen molar-refractivity contribution in [2.75, 3.05) is 62.2 Å². The van der Waals surface area contributed by atoms with Gasteiger partial charge in [0.25, 0.3) is 0 Å². The van der Waals surface area contributed by atoms with E-state index < -0.39 is 0 Å². The molecule has 2 aliphatic rings. The van der Waals surface area contributed by atoms with Crippen molar-refractivity contribution >= 4 is 22.9 Å². The fourth-order valence-corrected chi connectivity index (χ4v) is 5.17. The van der Waals surface area contributed by atoms with E-state index in [1.165, 1.54) is 5.69 Å². The molecule has 2 saturated heterocycles. The second kappa shape index (κ2) is 10.1. The first-order valence-corrected chi connectivity index (χ1v) is 12.9. The normalized spacial score (nSPS) is 16.1. The molecule has 0 aliphatic carbocycles. The van der Waals surface area contributed by atoms with Crippen LogP contribution in [0.4, 0.5) is 11.5 Å². The molecule has 38 heavy (non-hydrogen) atoms. The molecule has 0 radical (unpaired) electrons. The first kappa shape index (κ1) is 23.9. The van der Waals surface area contributed by atoms with Crippen molar-refractivity contribution in [2.45, 2.75) is 6.92 Å². The molecule has 2 fully saturated rings. The van der Waals surface area contributed by atoms with Crippen LogP contribution in [-0.2, 0) is 4.79 Å². The molecular weight excluding hydrogens is 478 g/mol. The molecule has 1 aromatic carbocycles. The number of carbonyl (C=O) groups excluding carboxylic acids is 1. The minimum absolute atomic E-state index is 0.107. The summed E-state index contributed by atoms with van der Waals surface area (Å²) in [5.74, 6) is 0.970. The van der Waals surface area contributed by atoms with Gasteiger partial charge in [0.05, 0.1) is 23.8 Å². The first-order valence-electron chi connectivity index (χ1n) is 12.9. The van der Waals surface area contributed by atoms with E-state index in [0.29, 0.717) is 29.9 Å². The van der Waals surface area contributed by atoms with E-state index in [1.54, 1.807) is 23.8 Å². The van der Waals surface area contributed by atoms with Gasteiger partial charge in [0, 0.05) is 82.3 Å². The van der Waals surface area contributed by atoms with Gasteiger partial charge >= 0.3 is 0 Å². The molecule has 3 aromatic heterocycles. The number of rotatable bonds is 4. The first-order chi connectivity index (χ1) is 18.6. The average molecular weight is 508 g/mol. The Morgan fingerprint density at radius 3 is 2.32 bits per heavy atom. The summed E-state index contributed by atoms with van der Waals surface area (Å²) < 4.78 is 1.73. The highest BCUT2D eigenvalue weighted by atomic mass is 16.2. The molecule has 1 amide bonds. The van der Waals surface area contributed by atoms with Crippen molar-refractivity contribution in [1.82, 2.24) is 29.8 Å². The number of carbonyl (C=O) groups is 1. The zero-order chi connectivity index (χ0) is 26.1. The summed E-state index contributed by atoms with van der Waals surface area (Å²) in [4.78, 5) is 27.8. The molecule has 4 aromatic rings. The highest BCUT2D eigenvalue weighted by molar-refractivity contribution is 5.83. The Kier molecular flexibility index (Phi) is 6.35. The summed E-state index contributed by atoms with van der Waals surface area (Å²) in [6, 6.07) is 14.7. The van der Waals surface area contributed by atoms with Crippen LogP contribution >= 0.6 is 0 Å². The number of piperazine rings is 2. The predicted octanol–water partition coefficient (Wildman–Crippen LogP) is 2.41. The van der Waals surface area contributed by atoms with Gasteiger partial charge in [-0.1, -0.05) is 12.1 Å². The summed E-state index contributed by atoms with van der Waals surface area (Å²) in [6.07, 6.45) is 5.25. The molecule has 0 saturated carbocycles. The third-order valence-electron chi connectivity index (χ3n) is 7.33. The Hall–Kier alpha value is -4.49. The third-order valence-corrected chi connectivity index (χ3v) is 7.33. The summed E-state index contributed by atoms with van der Waals surface area (Å²) >= 11 is 0. The van der Waals surface area contributed by atoms with Gasteiger partial charge in [-0.15, -0.1) is 0 Å². The number of amides is 1. The lowest BCUT2D eigenvalue weighted by atomic mass is 10.1. The number of fused-ring (bicyclic) bond motifs is 1. The number of pyridine rings is 1. The monoisotopic (exact) mass is 507 g/mol. The highest BCUT2D eigenvalue weighted by Gasteiger charge is 2.21. The van der Waals surface area contributed by atoms with Crippen LogP contribution in [0.15, 0.2) is 55.0 Å². The lowest BCUT2D eigenvalue weighted by Crippen LogP contribution is -2.48. The summed E-state index contributed by atoms with van der Waals surface area (Å²) in [7, 11) is 0. The number of aromatic nitrogens is 4. The third kappa shape index (κ3) is 4.53. The van der Waals surface area contributed by atoms with Crippen molar-refractivity contribution < 1.29 is 4.79 Å². The van der Waals surface area contributed by atoms with E-state index in [9.17, 15) is 10.1 Å². The maximum absolute atomic E-state index is 11.7. The van der Waals surface area contributed by atoms with Crippen LogP contribution in [0.3, 0.4) is 0 Å². The minimum atomic E-state index is 0.107. The molecule has 10 heteroatoms. The quantitative estimate of drug-likeness (QED) is 0.449. The zero-order valence-corrected chi connectivity index (χ0v) is 21.3. The van der Waals surface area contributed by atoms with E-state index in [1.807, 2.05) is 23.2 Å². The maximum atomic E-state index is 11.7. The van der Waals surface area contributed by atoms with E-state index >= 15 is 0 Å². The topological polar surface area (TPSA) is 106 Å². The lowest BCUT2D eigenvalue weighted by molar-refractivity contribution is -0.129. The van der Waals surface area contributed by atoms with E-state index in [2.05, 4.69) is 50.5 Å². The van der Waals surface area contributed by atoms with Gasteiger partial charge in [0.15, 0.2) is 0 Å². The second-order valence-corrected chi connectivity index (χ2v) is 9.62. The summed E-state index contributed by atoms with van der Waals surface area (Å²) in [5.41, 5.74) is 5.58. The zero-order valence-electron chi connectivity index (χ0n) is 21.3. The number of hydrogen-bond donors (Lipinski definition) is 1. The Bertz CT molecular complexity index is 1490. The van der Waals surface area contributed by atoms with Gasteiger partial charge in [-0.25, -0.2) is 14.5 Å². The molecular formula is C28H29N9O. The SMILES string of the molecule is CC(=O)N1CCN(c2ccc(-c3nc(-c4ccc(N5CCNCC5)cc4)cn4ncc(C#N)c34)cn2)CC1. The van der Waals surface area contributed by atoms with Gasteiger partial charge in [-0.2, -0.15) is 10.4 Å². The number of nitrogens with zero attached hydrogens (tertiary/aromatic N) is 8. The summed E-state index contributed by atoms with van der Waals surface area (Å²) in [6.45, 7) is 8.45. The highest BCUT2D eigenvalue weighted by Crippen LogP contribution is 2.30. The minimum Gasteiger partial charge on any atom is -0.369 e. The predicted molar refractivity (Wildman–Crippen MR) is 146 cm³/mol. The van der Waals surface area contributed by atoms with Gasteiger partial charge in [0.2, 0.25) is 5.91 Å². The van der Waals surface area contributed by atoms with Crippen LogP contribution in [0.25, 0.3) is 28.0 Å². The number of nitriles is 1. The summed E-state index contributed by atoms with van der Waals surface area (Å²) in [5, 5.41) is 17.6. The van der Waals surface area contributed by atoms with E-state index in [-0.39, 0.29) is 5.91 Å². The van der Waals surface area contributed by atoms with Crippen molar-refractivity contribution in [1.29, 1.82) is 5.26 Å². The van der Waals surface area contributed by atoms with Crippen LogP contribution in [0.2, 0.25) is 0 Å². The average Bonchev–Trinajstić information content (AvgIpc) is 3.41. The standard InChI is InChI=1S/C28H29N9O/c1-20(38)34-12-14-36(15-13-34)26-7-4-22(17-31-26)27-28-23(16-29)18-32-37(28)19-25(33-27)21-2-5-24(6-3-21)35-10-8-30-9-11-35/h2-7,17-19,30H,8-15H2,1H3. The van der Waals surface area contributed by atoms with Crippen molar-refractivity contribution in [2.24, 2.45) is 0 Å². The molecule has 2 aliphatic heterocycles. The molecule has 192 valence electrons. The van der Waals surface area contributed by atoms with Crippen LogP contribution in [0, 0.1) is 11.3 Å². The van der Waals surface area contributed by atoms with Crippen LogP contribution in [0.1, 0.15) is 12.5 Å². The second-order valence-electron chi connectivity index (χ2n) is 9.62.